The number of ether oxygens (including phenoxy) is 1. The Bertz CT molecular complexity index is 1010. The number of carbonyl (C=O) groups is 1. The molecule has 0 saturated heterocycles. The maximum Gasteiger partial charge on any atom is 0.303 e. The molecule has 0 amide bonds. The maximum atomic E-state index is 12.2. The lowest BCUT2D eigenvalue weighted by Gasteiger charge is -2.29. The largest absolute Gasteiger partial charge is 0.457 e. The zero-order valence-corrected chi connectivity index (χ0v) is 20.7. The first kappa shape index (κ1) is 23.3. The summed E-state index contributed by atoms with van der Waals surface area (Å²) in [5.41, 5.74) is 5.59. The molecule has 0 radical (unpaired) electrons. The number of aryl methyl sites for hydroxylation is 4. The Morgan fingerprint density at radius 3 is 1.67 bits per heavy atom. The van der Waals surface area contributed by atoms with Crippen LogP contribution < -0.4 is 0 Å². The standard InChI is InChI=1S/C28H37N3O2/c1-19-13-14-20(2)30(19)26-17-25(18-27(29-26)31-21(3)15-16-22(31)4)28(33-23(5)32)24-11-9-7-6-8-10-12-24/h13-18,24,28H,6-12H2,1-5H3. The topological polar surface area (TPSA) is 49.1 Å². The Hall–Kier alpha value is -2.82. The summed E-state index contributed by atoms with van der Waals surface area (Å²) in [7, 11) is 0. The predicted molar refractivity (Wildman–Crippen MR) is 132 cm³/mol. The van der Waals surface area contributed by atoms with Crippen LogP contribution >= 0.6 is 0 Å². The van der Waals surface area contributed by atoms with Gasteiger partial charge in [-0.2, -0.15) is 0 Å². The monoisotopic (exact) mass is 447 g/mol. The first-order valence-electron chi connectivity index (χ1n) is 12.3. The van der Waals surface area contributed by atoms with E-state index in [0.717, 1.165) is 52.8 Å². The number of pyridine rings is 1. The highest BCUT2D eigenvalue weighted by molar-refractivity contribution is 5.66. The quantitative estimate of drug-likeness (QED) is 0.401. The van der Waals surface area contributed by atoms with Crippen LogP contribution in [0.3, 0.4) is 0 Å². The lowest BCUT2D eigenvalue weighted by Crippen LogP contribution is -2.21. The Labute approximate surface area is 197 Å². The zero-order chi connectivity index (χ0) is 23.5. The lowest BCUT2D eigenvalue weighted by atomic mass is 9.84. The van der Waals surface area contributed by atoms with E-state index < -0.39 is 0 Å². The van der Waals surface area contributed by atoms with Crippen LogP contribution in [0, 0.1) is 33.6 Å². The number of nitrogens with zero attached hydrogens (tertiary/aromatic N) is 3. The van der Waals surface area contributed by atoms with Gasteiger partial charge in [0.05, 0.1) is 0 Å². The lowest BCUT2D eigenvalue weighted by molar-refractivity contribution is -0.150. The summed E-state index contributed by atoms with van der Waals surface area (Å²) < 4.78 is 10.4. The number of hydrogen-bond acceptors (Lipinski definition) is 3. The van der Waals surface area contributed by atoms with Gasteiger partial charge in [-0.15, -0.1) is 0 Å². The van der Waals surface area contributed by atoms with Gasteiger partial charge in [-0.1, -0.05) is 32.1 Å². The molecule has 1 fully saturated rings. The summed E-state index contributed by atoms with van der Waals surface area (Å²) in [6, 6.07) is 12.7. The SMILES string of the molecule is CC(=O)OC(c1cc(-n2c(C)ccc2C)nc(-n2c(C)ccc2C)c1)C1CCCCCCC1. The van der Waals surface area contributed by atoms with Crippen LogP contribution in [-0.2, 0) is 9.53 Å². The highest BCUT2D eigenvalue weighted by Gasteiger charge is 2.28. The summed E-state index contributed by atoms with van der Waals surface area (Å²) in [6.07, 6.45) is 8.15. The van der Waals surface area contributed by atoms with Gasteiger partial charge in [-0.05, 0) is 76.9 Å². The zero-order valence-electron chi connectivity index (χ0n) is 20.7. The Morgan fingerprint density at radius 1 is 0.818 bits per heavy atom. The minimum Gasteiger partial charge on any atom is -0.457 e. The van der Waals surface area contributed by atoms with Gasteiger partial charge in [0, 0.05) is 41.2 Å². The second-order valence-corrected chi connectivity index (χ2v) is 9.66. The van der Waals surface area contributed by atoms with Crippen molar-refractivity contribution in [3.63, 3.8) is 0 Å². The molecule has 5 nitrogen and oxygen atoms in total. The number of aromatic nitrogens is 3. The Morgan fingerprint density at radius 2 is 1.24 bits per heavy atom. The molecule has 3 heterocycles. The van der Waals surface area contributed by atoms with Crippen molar-refractivity contribution in [2.24, 2.45) is 5.92 Å². The second kappa shape index (κ2) is 9.98. The molecule has 0 N–H and O–H groups in total. The Kier molecular flexibility index (Phi) is 7.06. The fourth-order valence-electron chi connectivity index (χ4n) is 5.38. The van der Waals surface area contributed by atoms with Crippen LogP contribution in [-0.4, -0.2) is 20.1 Å². The second-order valence-electron chi connectivity index (χ2n) is 9.66. The summed E-state index contributed by atoms with van der Waals surface area (Å²) >= 11 is 0. The molecule has 4 rings (SSSR count). The van der Waals surface area contributed by atoms with Crippen LogP contribution in [0.15, 0.2) is 36.4 Å². The van der Waals surface area contributed by atoms with E-state index in [0.29, 0.717) is 5.92 Å². The minimum absolute atomic E-state index is 0.219. The van der Waals surface area contributed by atoms with Gasteiger partial charge in [0.1, 0.15) is 17.7 Å². The number of hydrogen-bond donors (Lipinski definition) is 0. The van der Waals surface area contributed by atoms with E-state index in [1.807, 2.05) is 0 Å². The molecule has 0 aliphatic heterocycles. The van der Waals surface area contributed by atoms with Crippen molar-refractivity contribution in [1.29, 1.82) is 0 Å². The molecule has 1 unspecified atom stereocenters. The van der Waals surface area contributed by atoms with Gasteiger partial charge < -0.3 is 13.9 Å². The molecule has 176 valence electrons. The average molecular weight is 448 g/mol. The summed E-state index contributed by atoms with van der Waals surface area (Å²) in [6.45, 7) is 9.94. The van der Waals surface area contributed by atoms with E-state index >= 15 is 0 Å². The fraction of sp³-hybridized carbons (Fsp3) is 0.500. The van der Waals surface area contributed by atoms with Gasteiger partial charge in [0.25, 0.3) is 0 Å². The molecule has 0 spiro atoms. The van der Waals surface area contributed by atoms with Crippen molar-refractivity contribution in [3.05, 3.63) is 64.7 Å². The number of carbonyl (C=O) groups excluding carboxylic acids is 1. The van der Waals surface area contributed by atoms with E-state index in [-0.39, 0.29) is 12.1 Å². The van der Waals surface area contributed by atoms with Gasteiger partial charge in [0.15, 0.2) is 0 Å². The molecule has 3 aromatic heterocycles. The van der Waals surface area contributed by atoms with E-state index in [1.165, 1.54) is 39.0 Å². The third kappa shape index (κ3) is 5.07. The summed E-state index contributed by atoms with van der Waals surface area (Å²) in [5, 5.41) is 0. The van der Waals surface area contributed by atoms with Crippen molar-refractivity contribution < 1.29 is 9.53 Å². The van der Waals surface area contributed by atoms with E-state index in [2.05, 4.69) is 73.2 Å². The molecule has 5 heteroatoms. The van der Waals surface area contributed by atoms with Gasteiger partial charge in [-0.3, -0.25) is 4.79 Å². The molecule has 0 aromatic carbocycles. The molecule has 3 aromatic rings. The van der Waals surface area contributed by atoms with E-state index in [4.69, 9.17) is 9.72 Å². The summed E-state index contributed by atoms with van der Waals surface area (Å²) in [4.78, 5) is 17.3. The molecular weight excluding hydrogens is 410 g/mol. The molecule has 1 aliphatic rings. The summed E-state index contributed by atoms with van der Waals surface area (Å²) in [5.74, 6) is 1.86. The number of rotatable bonds is 5. The normalized spacial score (nSPS) is 16.3. The highest BCUT2D eigenvalue weighted by Crippen LogP contribution is 2.37. The highest BCUT2D eigenvalue weighted by atomic mass is 16.5. The van der Waals surface area contributed by atoms with Gasteiger partial charge in [-0.25, -0.2) is 4.98 Å². The third-order valence-corrected chi connectivity index (χ3v) is 7.02. The van der Waals surface area contributed by atoms with Crippen LogP contribution in [0.5, 0.6) is 0 Å². The molecule has 1 saturated carbocycles. The predicted octanol–water partition coefficient (Wildman–Crippen LogP) is 6.86. The minimum atomic E-state index is -0.256. The van der Waals surface area contributed by atoms with Gasteiger partial charge in [0.2, 0.25) is 0 Å². The average Bonchev–Trinajstić information content (AvgIpc) is 3.26. The van der Waals surface area contributed by atoms with Crippen molar-refractivity contribution in [3.8, 4) is 11.6 Å². The van der Waals surface area contributed by atoms with Crippen molar-refractivity contribution >= 4 is 5.97 Å². The van der Waals surface area contributed by atoms with Crippen LogP contribution in [0.1, 0.15) is 86.3 Å². The van der Waals surface area contributed by atoms with Gasteiger partial charge >= 0.3 is 5.97 Å². The fourth-order valence-corrected chi connectivity index (χ4v) is 5.38. The van der Waals surface area contributed by atoms with E-state index in [1.54, 1.807) is 0 Å². The molecule has 0 bridgehead atoms. The number of esters is 1. The smallest absolute Gasteiger partial charge is 0.303 e. The van der Waals surface area contributed by atoms with Crippen LogP contribution in [0.4, 0.5) is 0 Å². The Balaban J connectivity index is 1.88. The first-order valence-corrected chi connectivity index (χ1v) is 12.3. The van der Waals surface area contributed by atoms with E-state index in [9.17, 15) is 4.79 Å². The van der Waals surface area contributed by atoms with Crippen LogP contribution in [0.25, 0.3) is 11.6 Å². The molecule has 33 heavy (non-hydrogen) atoms. The van der Waals surface area contributed by atoms with Crippen LogP contribution in [0.2, 0.25) is 0 Å². The van der Waals surface area contributed by atoms with Crippen molar-refractivity contribution in [1.82, 2.24) is 14.1 Å². The molecule has 1 atom stereocenters. The third-order valence-electron chi connectivity index (χ3n) is 7.02. The van der Waals surface area contributed by atoms with Crippen molar-refractivity contribution in [2.75, 3.05) is 0 Å². The molecule has 1 aliphatic carbocycles. The maximum absolute atomic E-state index is 12.2. The molecular formula is C28H37N3O2. The first-order chi connectivity index (χ1) is 15.8. The van der Waals surface area contributed by atoms with Crippen molar-refractivity contribution in [2.45, 2.75) is 85.7 Å².